The average Bonchev–Trinajstić information content (AvgIpc) is 0.791. The molecule has 0 aromatic rings. The van der Waals surface area contributed by atoms with Gasteiger partial charge in [-0.25, -0.2) is 0 Å². The summed E-state index contributed by atoms with van der Waals surface area (Å²) in [5.74, 6) is -0.194. The molecule has 2 aliphatic heterocycles. The number of hydrogen-bond acceptors (Lipinski definition) is 13. The summed E-state index contributed by atoms with van der Waals surface area (Å²) >= 11 is 0. The number of hydrogen-bond donors (Lipinski definition) is 9. The minimum absolute atomic E-state index is 0.194. The molecular weight excluding hydrogens is 1250 g/mol. The molecule has 2 fully saturated rings. The summed E-state index contributed by atoms with van der Waals surface area (Å²) in [6.45, 7) is 2.95. The van der Waals surface area contributed by atoms with Gasteiger partial charge >= 0.3 is 0 Å². The zero-order chi connectivity index (χ0) is 72.2. The van der Waals surface area contributed by atoms with E-state index < -0.39 is 86.8 Å². The van der Waals surface area contributed by atoms with Crippen molar-refractivity contribution in [1.82, 2.24) is 5.32 Å². The molecule has 0 aliphatic carbocycles. The van der Waals surface area contributed by atoms with Crippen molar-refractivity contribution in [2.45, 2.75) is 524 Å². The van der Waals surface area contributed by atoms with Gasteiger partial charge in [-0.3, -0.25) is 4.79 Å². The fraction of sp³-hybridized carbons (Fsp3) is 0.988. The Bertz CT molecular complexity index is 1680. The van der Waals surface area contributed by atoms with Crippen LogP contribution in [0.3, 0.4) is 0 Å². The number of amides is 1. The first kappa shape index (κ1) is 95.1. The summed E-state index contributed by atoms with van der Waals surface area (Å²) < 4.78 is 23.0. The molecule has 14 heteroatoms. The monoisotopic (exact) mass is 1420 g/mol. The lowest BCUT2D eigenvalue weighted by Gasteiger charge is -2.46. The second-order valence-electron chi connectivity index (χ2n) is 31.7. The first-order chi connectivity index (χ1) is 49.1. The van der Waals surface area contributed by atoms with Gasteiger partial charge in [0.05, 0.1) is 32.0 Å². The standard InChI is InChI=1S/C86H169NO13/c1-3-5-7-9-11-13-15-17-19-21-23-25-27-29-30-31-32-33-34-35-36-37-38-39-40-41-42-43-44-46-48-50-52-54-56-58-60-62-64-66-68-70-78(91)87-74(73-97-85-83(96)81(94)84(77(72-89)99-85)100-86-82(95)80(93)79(92)76(71-88)98-86)75(90)69-67-65-63-61-59-57-55-53-51-49-47-45-28-26-24-22-20-18-16-14-12-10-8-6-4-2/h74-77,79-86,88-90,92-96H,3-73H2,1-2H3,(H,87,91). The molecule has 0 aromatic heterocycles. The summed E-state index contributed by atoms with van der Waals surface area (Å²) in [5, 5.41) is 88.0. The van der Waals surface area contributed by atoms with Gasteiger partial charge in [0.1, 0.15) is 48.8 Å². The molecule has 12 unspecified atom stereocenters. The highest BCUT2D eigenvalue weighted by Crippen LogP contribution is 2.31. The van der Waals surface area contributed by atoms with Gasteiger partial charge in [0.25, 0.3) is 0 Å². The van der Waals surface area contributed by atoms with E-state index in [2.05, 4.69) is 19.2 Å². The van der Waals surface area contributed by atoms with Crippen LogP contribution in [0.1, 0.15) is 450 Å². The van der Waals surface area contributed by atoms with Crippen molar-refractivity contribution in [2.75, 3.05) is 19.8 Å². The van der Waals surface area contributed by atoms with Crippen molar-refractivity contribution in [2.24, 2.45) is 0 Å². The topological polar surface area (TPSA) is 228 Å². The van der Waals surface area contributed by atoms with Gasteiger partial charge in [0, 0.05) is 6.42 Å². The maximum atomic E-state index is 13.4. The van der Waals surface area contributed by atoms with Crippen LogP contribution in [0.5, 0.6) is 0 Å². The number of rotatable bonds is 77. The van der Waals surface area contributed by atoms with Crippen LogP contribution in [-0.2, 0) is 23.7 Å². The summed E-state index contributed by atoms with van der Waals surface area (Å²) in [7, 11) is 0. The van der Waals surface area contributed by atoms with Crippen LogP contribution in [0.4, 0.5) is 0 Å². The van der Waals surface area contributed by atoms with Crippen molar-refractivity contribution in [3.05, 3.63) is 0 Å². The molecule has 0 aromatic carbocycles. The Morgan fingerprint density at radius 3 is 0.850 bits per heavy atom. The predicted molar refractivity (Wildman–Crippen MR) is 416 cm³/mol. The first-order valence-corrected chi connectivity index (χ1v) is 44.3. The third-order valence-corrected chi connectivity index (χ3v) is 22.3. The summed E-state index contributed by atoms with van der Waals surface area (Å²) in [6.07, 6.45) is 73.3. The van der Waals surface area contributed by atoms with Gasteiger partial charge in [-0.05, 0) is 12.8 Å². The van der Waals surface area contributed by atoms with Crippen LogP contribution in [0.15, 0.2) is 0 Å². The summed E-state index contributed by atoms with van der Waals surface area (Å²) in [5.41, 5.74) is 0. The molecule has 2 aliphatic rings. The number of aliphatic hydroxyl groups is 8. The van der Waals surface area contributed by atoms with E-state index in [1.54, 1.807) is 0 Å². The minimum Gasteiger partial charge on any atom is -0.394 e. The van der Waals surface area contributed by atoms with Crippen molar-refractivity contribution in [1.29, 1.82) is 0 Å². The Labute approximate surface area is 616 Å². The zero-order valence-electron chi connectivity index (χ0n) is 65.8. The number of unbranched alkanes of at least 4 members (excludes halogenated alkanes) is 64. The highest BCUT2D eigenvalue weighted by Gasteiger charge is 2.51. The smallest absolute Gasteiger partial charge is 0.220 e. The van der Waals surface area contributed by atoms with Gasteiger partial charge in [-0.15, -0.1) is 0 Å². The summed E-state index contributed by atoms with van der Waals surface area (Å²) in [6, 6.07) is -0.826. The molecule has 14 nitrogen and oxygen atoms in total. The normalized spacial score (nSPS) is 21.7. The van der Waals surface area contributed by atoms with E-state index in [-0.39, 0.29) is 12.5 Å². The van der Waals surface area contributed by atoms with E-state index in [9.17, 15) is 45.6 Å². The quantitative estimate of drug-likeness (QED) is 0.0259. The zero-order valence-corrected chi connectivity index (χ0v) is 65.8. The number of carbonyl (C=O) groups excluding carboxylic acids is 1. The van der Waals surface area contributed by atoms with Crippen LogP contribution in [0, 0.1) is 0 Å². The van der Waals surface area contributed by atoms with Crippen LogP contribution in [0.25, 0.3) is 0 Å². The van der Waals surface area contributed by atoms with Crippen molar-refractivity contribution in [3.63, 3.8) is 0 Å². The molecule has 0 spiro atoms. The molecule has 596 valence electrons. The van der Waals surface area contributed by atoms with Gasteiger partial charge in [0.2, 0.25) is 5.91 Å². The van der Waals surface area contributed by atoms with Crippen LogP contribution < -0.4 is 5.32 Å². The first-order valence-electron chi connectivity index (χ1n) is 44.3. The second-order valence-corrected chi connectivity index (χ2v) is 31.7. The van der Waals surface area contributed by atoms with Gasteiger partial charge in [-0.2, -0.15) is 0 Å². The minimum atomic E-state index is -1.78. The van der Waals surface area contributed by atoms with Crippen molar-refractivity contribution in [3.8, 4) is 0 Å². The Balaban J connectivity index is 1.53. The SMILES string of the molecule is CCCCCCCCCCCCCCCCCCCCCCCCCCCCCCCCCCCCCCCCCCCC(=O)NC(COC1OC(CO)C(OC2OC(CO)C(O)C(O)C2O)C(O)C1O)C(O)CCCCCCCCCCCCCCCCCCCCCCCCCCC. The van der Waals surface area contributed by atoms with Gasteiger partial charge in [-0.1, -0.05) is 431 Å². The molecule has 2 saturated heterocycles. The van der Waals surface area contributed by atoms with Crippen LogP contribution in [-0.4, -0.2) is 140 Å². The Hall–Kier alpha value is -1.01. The van der Waals surface area contributed by atoms with Crippen LogP contribution in [0.2, 0.25) is 0 Å². The molecule has 1 amide bonds. The predicted octanol–water partition coefficient (Wildman–Crippen LogP) is 21.0. The lowest BCUT2D eigenvalue weighted by Crippen LogP contribution is -2.65. The molecule has 9 N–H and O–H groups in total. The molecular formula is C86H169NO13. The largest absolute Gasteiger partial charge is 0.394 e. The van der Waals surface area contributed by atoms with Crippen molar-refractivity contribution >= 4 is 5.91 Å². The van der Waals surface area contributed by atoms with E-state index in [1.165, 1.54) is 372 Å². The Morgan fingerprint density at radius 2 is 0.570 bits per heavy atom. The number of nitrogens with one attached hydrogen (secondary N) is 1. The highest BCUT2D eigenvalue weighted by atomic mass is 16.7. The number of aliphatic hydroxyl groups excluding tert-OH is 8. The maximum Gasteiger partial charge on any atom is 0.220 e. The fourth-order valence-electron chi connectivity index (χ4n) is 15.4. The lowest BCUT2D eigenvalue weighted by molar-refractivity contribution is -0.359. The number of ether oxygens (including phenoxy) is 4. The molecule has 0 radical (unpaired) electrons. The Kier molecular flexibility index (Phi) is 67.4. The second kappa shape index (κ2) is 70.9. The van der Waals surface area contributed by atoms with Crippen LogP contribution >= 0.6 is 0 Å². The van der Waals surface area contributed by atoms with E-state index in [4.69, 9.17) is 18.9 Å². The number of carbonyl (C=O) groups is 1. The van der Waals surface area contributed by atoms with Gasteiger partial charge < -0.3 is 65.1 Å². The fourth-order valence-corrected chi connectivity index (χ4v) is 15.4. The van der Waals surface area contributed by atoms with Crippen molar-refractivity contribution < 1.29 is 64.6 Å². The molecule has 12 atom stereocenters. The highest BCUT2D eigenvalue weighted by molar-refractivity contribution is 5.76. The summed E-state index contributed by atoms with van der Waals surface area (Å²) in [4.78, 5) is 13.4. The van der Waals surface area contributed by atoms with E-state index in [1.807, 2.05) is 0 Å². The van der Waals surface area contributed by atoms with E-state index in [0.29, 0.717) is 12.8 Å². The molecule has 2 rings (SSSR count). The molecule has 0 saturated carbocycles. The third-order valence-electron chi connectivity index (χ3n) is 22.3. The lowest BCUT2D eigenvalue weighted by atomic mass is 9.97. The van der Waals surface area contributed by atoms with Gasteiger partial charge in [0.15, 0.2) is 12.6 Å². The molecule has 0 bridgehead atoms. The Morgan fingerprint density at radius 1 is 0.320 bits per heavy atom. The molecule has 2 heterocycles. The maximum absolute atomic E-state index is 13.4. The third kappa shape index (κ3) is 52.9. The average molecular weight is 1430 g/mol. The van der Waals surface area contributed by atoms with E-state index >= 15 is 0 Å². The van der Waals surface area contributed by atoms with E-state index in [0.717, 1.165) is 51.4 Å². The molecule has 100 heavy (non-hydrogen) atoms.